The maximum Gasteiger partial charge on any atom is 0.255 e. The summed E-state index contributed by atoms with van der Waals surface area (Å²) >= 11 is 0. The average Bonchev–Trinajstić information content (AvgIpc) is 3.13. The van der Waals surface area contributed by atoms with E-state index in [-0.39, 0.29) is 24.3 Å². The van der Waals surface area contributed by atoms with Crippen molar-refractivity contribution in [1.82, 2.24) is 10.2 Å². The predicted octanol–water partition coefficient (Wildman–Crippen LogP) is 4.41. The van der Waals surface area contributed by atoms with Crippen LogP contribution in [0.3, 0.4) is 0 Å². The highest BCUT2D eigenvalue weighted by atomic mass is 16.5. The first-order valence-corrected chi connectivity index (χ1v) is 10.4. The lowest BCUT2D eigenvalue weighted by Crippen LogP contribution is -2.34. The van der Waals surface area contributed by atoms with Gasteiger partial charge in [-0.15, -0.1) is 0 Å². The van der Waals surface area contributed by atoms with Gasteiger partial charge in [-0.3, -0.25) is 9.59 Å². The Balaban J connectivity index is 1.53. The van der Waals surface area contributed by atoms with E-state index in [2.05, 4.69) is 5.32 Å². The first-order valence-electron chi connectivity index (χ1n) is 10.4. The van der Waals surface area contributed by atoms with E-state index in [1.165, 1.54) is 0 Å². The molecule has 31 heavy (non-hydrogen) atoms. The first-order chi connectivity index (χ1) is 15.1. The molecule has 5 heteroatoms. The van der Waals surface area contributed by atoms with Crippen molar-refractivity contribution in [1.29, 1.82) is 0 Å². The minimum atomic E-state index is -0.335. The van der Waals surface area contributed by atoms with E-state index >= 15 is 0 Å². The minimum Gasteiger partial charge on any atom is -0.496 e. The molecule has 1 aliphatic heterocycles. The zero-order chi connectivity index (χ0) is 21.8. The van der Waals surface area contributed by atoms with Gasteiger partial charge in [-0.25, -0.2) is 0 Å². The molecule has 0 saturated heterocycles. The molecule has 158 valence electrons. The standard InChI is InChI=1S/C26H26N2O3/c1-18-11-13-19(14-12-18)23(28-17-21-8-3-5-9-22(21)26(28)30)15-25(29)27-16-20-7-4-6-10-24(20)31-2/h3-14,23H,15-17H2,1-2H3,(H,27,29)/t23-/m0/s1. The van der Waals surface area contributed by atoms with Crippen LogP contribution in [0.5, 0.6) is 5.75 Å². The molecule has 1 atom stereocenters. The van der Waals surface area contributed by atoms with Gasteiger partial charge in [-0.2, -0.15) is 0 Å². The van der Waals surface area contributed by atoms with Gasteiger partial charge in [0, 0.05) is 24.2 Å². The number of nitrogens with one attached hydrogen (secondary N) is 1. The first kappa shape index (κ1) is 20.7. The molecule has 1 heterocycles. The zero-order valence-electron chi connectivity index (χ0n) is 17.8. The number of methoxy groups -OCH3 is 1. The van der Waals surface area contributed by atoms with Gasteiger partial charge in [0.15, 0.2) is 0 Å². The van der Waals surface area contributed by atoms with Gasteiger partial charge in [0.1, 0.15) is 5.75 Å². The maximum absolute atomic E-state index is 13.1. The van der Waals surface area contributed by atoms with Gasteiger partial charge in [0.2, 0.25) is 5.91 Å². The van der Waals surface area contributed by atoms with E-state index < -0.39 is 0 Å². The molecule has 1 aliphatic rings. The minimum absolute atomic E-state index is 0.0290. The molecule has 0 bridgehead atoms. The fourth-order valence-electron chi connectivity index (χ4n) is 4.02. The summed E-state index contributed by atoms with van der Waals surface area (Å²) in [4.78, 5) is 27.8. The second-order valence-electron chi connectivity index (χ2n) is 7.81. The molecule has 5 nitrogen and oxygen atoms in total. The number of amides is 2. The normalized spacial score (nSPS) is 13.6. The van der Waals surface area contributed by atoms with E-state index in [9.17, 15) is 9.59 Å². The Morgan fingerprint density at radius 3 is 2.48 bits per heavy atom. The Hall–Kier alpha value is -3.60. The van der Waals surface area contributed by atoms with E-state index in [0.717, 1.165) is 28.0 Å². The van der Waals surface area contributed by atoms with Crippen molar-refractivity contribution in [2.24, 2.45) is 0 Å². The van der Waals surface area contributed by atoms with Crippen LogP contribution in [-0.4, -0.2) is 23.8 Å². The second kappa shape index (κ2) is 9.04. The molecule has 0 saturated carbocycles. The lowest BCUT2D eigenvalue weighted by molar-refractivity contribution is -0.122. The zero-order valence-corrected chi connectivity index (χ0v) is 17.8. The second-order valence-corrected chi connectivity index (χ2v) is 7.81. The number of aryl methyl sites for hydroxylation is 1. The van der Waals surface area contributed by atoms with Gasteiger partial charge in [-0.1, -0.05) is 66.2 Å². The quantitative estimate of drug-likeness (QED) is 0.623. The van der Waals surface area contributed by atoms with Crippen molar-refractivity contribution in [2.45, 2.75) is 32.5 Å². The Morgan fingerprint density at radius 1 is 1.03 bits per heavy atom. The van der Waals surface area contributed by atoms with E-state index in [4.69, 9.17) is 4.74 Å². The molecule has 3 aromatic rings. The molecule has 1 N–H and O–H groups in total. The molecule has 0 radical (unpaired) electrons. The number of ether oxygens (including phenoxy) is 1. The number of fused-ring (bicyclic) bond motifs is 1. The smallest absolute Gasteiger partial charge is 0.255 e. The van der Waals surface area contributed by atoms with Crippen molar-refractivity contribution >= 4 is 11.8 Å². The number of benzene rings is 3. The van der Waals surface area contributed by atoms with Gasteiger partial charge in [0.25, 0.3) is 5.91 Å². The number of para-hydroxylation sites is 1. The topological polar surface area (TPSA) is 58.6 Å². The summed E-state index contributed by atoms with van der Waals surface area (Å²) < 4.78 is 5.37. The van der Waals surface area contributed by atoms with Gasteiger partial charge < -0.3 is 15.0 Å². The molecule has 4 rings (SSSR count). The lowest BCUT2D eigenvalue weighted by atomic mass is 10.00. The summed E-state index contributed by atoms with van der Waals surface area (Å²) in [6.45, 7) is 2.90. The Bertz CT molecular complexity index is 1090. The monoisotopic (exact) mass is 414 g/mol. The van der Waals surface area contributed by atoms with Crippen LogP contribution in [0.15, 0.2) is 72.8 Å². The van der Waals surface area contributed by atoms with E-state index in [0.29, 0.717) is 18.7 Å². The van der Waals surface area contributed by atoms with Crippen molar-refractivity contribution in [3.8, 4) is 5.75 Å². The third-order valence-corrected chi connectivity index (χ3v) is 5.73. The predicted molar refractivity (Wildman–Crippen MR) is 120 cm³/mol. The fourth-order valence-corrected chi connectivity index (χ4v) is 4.02. The number of hydrogen-bond acceptors (Lipinski definition) is 3. The van der Waals surface area contributed by atoms with Crippen LogP contribution in [0, 0.1) is 6.92 Å². The Kier molecular flexibility index (Phi) is 6.03. The van der Waals surface area contributed by atoms with Crippen molar-refractivity contribution in [3.05, 3.63) is 101 Å². The van der Waals surface area contributed by atoms with Crippen LogP contribution in [0.1, 0.15) is 45.1 Å². The highest BCUT2D eigenvalue weighted by Gasteiger charge is 2.34. The SMILES string of the molecule is COc1ccccc1CNC(=O)C[C@@H](c1ccc(C)cc1)N1Cc2ccccc2C1=O. The summed E-state index contributed by atoms with van der Waals surface area (Å²) in [7, 11) is 1.62. The van der Waals surface area contributed by atoms with Crippen molar-refractivity contribution < 1.29 is 14.3 Å². The average molecular weight is 415 g/mol. The lowest BCUT2D eigenvalue weighted by Gasteiger charge is -2.28. The Morgan fingerprint density at radius 2 is 1.74 bits per heavy atom. The largest absolute Gasteiger partial charge is 0.496 e. The maximum atomic E-state index is 13.1. The number of carbonyl (C=O) groups is 2. The number of rotatable bonds is 7. The van der Waals surface area contributed by atoms with Gasteiger partial charge >= 0.3 is 0 Å². The van der Waals surface area contributed by atoms with Crippen molar-refractivity contribution in [2.75, 3.05) is 7.11 Å². The summed E-state index contributed by atoms with van der Waals surface area (Å²) in [6, 6.07) is 23.0. The fraction of sp³-hybridized carbons (Fsp3) is 0.231. The molecule has 0 fully saturated rings. The molecule has 3 aromatic carbocycles. The third-order valence-electron chi connectivity index (χ3n) is 5.73. The van der Waals surface area contributed by atoms with Crippen LogP contribution < -0.4 is 10.1 Å². The summed E-state index contributed by atoms with van der Waals surface area (Å²) in [5.41, 5.74) is 4.72. The summed E-state index contributed by atoms with van der Waals surface area (Å²) in [5, 5.41) is 2.99. The summed E-state index contributed by atoms with van der Waals surface area (Å²) in [5.74, 6) is 0.599. The van der Waals surface area contributed by atoms with Crippen LogP contribution in [0.4, 0.5) is 0 Å². The number of nitrogens with zero attached hydrogens (tertiary/aromatic N) is 1. The number of hydrogen-bond donors (Lipinski definition) is 1. The van der Waals surface area contributed by atoms with Crippen LogP contribution >= 0.6 is 0 Å². The van der Waals surface area contributed by atoms with Crippen LogP contribution in [-0.2, 0) is 17.9 Å². The van der Waals surface area contributed by atoms with Crippen LogP contribution in [0.25, 0.3) is 0 Å². The van der Waals surface area contributed by atoms with Gasteiger partial charge in [0.05, 0.1) is 19.6 Å². The highest BCUT2D eigenvalue weighted by Crippen LogP contribution is 2.33. The highest BCUT2D eigenvalue weighted by molar-refractivity contribution is 5.98. The molecule has 0 aliphatic carbocycles. The third kappa shape index (κ3) is 4.45. The number of carbonyl (C=O) groups excluding carboxylic acids is 2. The van der Waals surface area contributed by atoms with Crippen molar-refractivity contribution in [3.63, 3.8) is 0 Å². The summed E-state index contributed by atoms with van der Waals surface area (Å²) in [6.07, 6.45) is 0.192. The molecule has 0 unspecified atom stereocenters. The van der Waals surface area contributed by atoms with E-state index in [1.54, 1.807) is 12.0 Å². The molecular formula is C26H26N2O3. The molecule has 2 amide bonds. The van der Waals surface area contributed by atoms with Gasteiger partial charge in [-0.05, 0) is 30.2 Å². The molecule has 0 aromatic heterocycles. The Labute approximate surface area is 182 Å². The molecular weight excluding hydrogens is 388 g/mol. The van der Waals surface area contributed by atoms with E-state index in [1.807, 2.05) is 79.7 Å². The van der Waals surface area contributed by atoms with Crippen LogP contribution in [0.2, 0.25) is 0 Å². The molecule has 0 spiro atoms.